The van der Waals surface area contributed by atoms with Crippen molar-refractivity contribution in [1.29, 1.82) is 0 Å². The first-order chi connectivity index (χ1) is 18.8. The quantitative estimate of drug-likeness (QED) is 0.568. The summed E-state index contributed by atoms with van der Waals surface area (Å²) in [4.78, 5) is 49.2. The third-order valence-electron chi connectivity index (χ3n) is 8.79. The summed E-state index contributed by atoms with van der Waals surface area (Å²) in [6.07, 6.45) is 13.2. The maximum Gasteiger partial charge on any atom is 0.254 e. The van der Waals surface area contributed by atoms with E-state index in [0.717, 1.165) is 51.1 Å². The molecule has 5 aliphatic rings. The van der Waals surface area contributed by atoms with Crippen molar-refractivity contribution >= 4 is 34.6 Å². The summed E-state index contributed by atoms with van der Waals surface area (Å²) in [6.45, 7) is 10.3. The summed E-state index contributed by atoms with van der Waals surface area (Å²) in [5.74, 6) is -0.712. The number of amides is 3. The van der Waals surface area contributed by atoms with E-state index in [0.29, 0.717) is 24.0 Å². The normalized spacial score (nSPS) is 27.1. The number of piperidine rings is 1. The van der Waals surface area contributed by atoms with E-state index in [1.54, 1.807) is 21.8 Å². The highest BCUT2D eigenvalue weighted by molar-refractivity contribution is 7.10. The second-order valence-corrected chi connectivity index (χ2v) is 13.1. The molecule has 3 amide bonds. The minimum atomic E-state index is -0.559. The van der Waals surface area contributed by atoms with Crippen molar-refractivity contribution in [1.82, 2.24) is 25.0 Å². The first-order valence-electron chi connectivity index (χ1n) is 14.1. The lowest BCUT2D eigenvalue weighted by Crippen LogP contribution is -2.53. The van der Waals surface area contributed by atoms with Crippen LogP contribution in [0.1, 0.15) is 57.2 Å². The van der Waals surface area contributed by atoms with Gasteiger partial charge in [-0.1, -0.05) is 25.5 Å². The molecule has 1 N–H and O–H groups in total. The third-order valence-corrected chi connectivity index (χ3v) is 9.62. The maximum absolute atomic E-state index is 13.0. The molecule has 0 saturated carbocycles. The van der Waals surface area contributed by atoms with Crippen LogP contribution in [-0.4, -0.2) is 82.7 Å². The van der Waals surface area contributed by atoms with Gasteiger partial charge in [-0.3, -0.25) is 29.6 Å². The number of imide groups is 1. The SMILES string of the molecule is CC1(C)CCC(CN2CCN(C=C3C=CC4=C(C3)CN(C3CCC(=O)NC3=O)C4=O)CC2)=C(c2cncs2)C1. The first-order valence-corrected chi connectivity index (χ1v) is 15.0. The van der Waals surface area contributed by atoms with Crippen LogP contribution in [-0.2, 0) is 14.4 Å². The van der Waals surface area contributed by atoms with Gasteiger partial charge in [-0.05, 0) is 60.3 Å². The molecule has 3 aliphatic heterocycles. The van der Waals surface area contributed by atoms with E-state index in [2.05, 4.69) is 40.1 Å². The van der Waals surface area contributed by atoms with Crippen LogP contribution in [0, 0.1) is 5.41 Å². The van der Waals surface area contributed by atoms with Gasteiger partial charge in [0.25, 0.3) is 5.91 Å². The van der Waals surface area contributed by atoms with Gasteiger partial charge in [0, 0.05) is 63.7 Å². The molecule has 1 aromatic rings. The molecule has 8 nitrogen and oxygen atoms in total. The number of carbonyl (C=O) groups is 3. The lowest BCUT2D eigenvalue weighted by atomic mass is 9.74. The van der Waals surface area contributed by atoms with Crippen LogP contribution in [0.25, 0.3) is 5.57 Å². The highest BCUT2D eigenvalue weighted by Crippen LogP contribution is 2.44. The van der Waals surface area contributed by atoms with E-state index in [-0.39, 0.29) is 24.1 Å². The molecule has 39 heavy (non-hydrogen) atoms. The predicted octanol–water partition coefficient (Wildman–Crippen LogP) is 3.51. The van der Waals surface area contributed by atoms with Crippen LogP contribution in [0.15, 0.2) is 52.4 Å². The van der Waals surface area contributed by atoms with Crippen molar-refractivity contribution in [3.63, 3.8) is 0 Å². The van der Waals surface area contributed by atoms with Crippen LogP contribution < -0.4 is 5.32 Å². The molecule has 9 heteroatoms. The summed E-state index contributed by atoms with van der Waals surface area (Å²) < 4.78 is 0. The number of piperazine rings is 1. The number of aromatic nitrogens is 1. The smallest absolute Gasteiger partial charge is 0.254 e. The number of thiazole rings is 1. The number of hydrogen-bond acceptors (Lipinski definition) is 7. The Balaban J connectivity index is 1.05. The van der Waals surface area contributed by atoms with Gasteiger partial charge in [-0.15, -0.1) is 11.3 Å². The molecule has 4 heterocycles. The number of nitrogens with one attached hydrogen (secondary N) is 1. The standard InChI is InChI=1S/C30H37N5O3S/c1-30(2)8-7-21(24(14-30)26-15-31-19-39-26)17-34-11-9-33(10-12-34)16-20-3-4-23-22(13-20)18-35(29(23)38)25-5-6-27(36)32-28(25)37/h3-4,15-16,19,25H,5-14,17-18H2,1-2H3,(H,32,36,37). The lowest BCUT2D eigenvalue weighted by molar-refractivity contribution is -0.142. The summed E-state index contributed by atoms with van der Waals surface area (Å²) in [5.41, 5.74) is 8.38. The van der Waals surface area contributed by atoms with Gasteiger partial charge in [-0.2, -0.15) is 0 Å². The predicted molar refractivity (Wildman–Crippen MR) is 151 cm³/mol. The average Bonchev–Trinajstić information content (AvgIpc) is 3.55. The van der Waals surface area contributed by atoms with E-state index in [1.807, 2.05) is 23.9 Å². The Morgan fingerprint density at radius 1 is 1.13 bits per heavy atom. The molecule has 206 valence electrons. The molecule has 1 unspecified atom stereocenters. The van der Waals surface area contributed by atoms with Gasteiger partial charge in [0.15, 0.2) is 0 Å². The van der Waals surface area contributed by atoms with Crippen LogP contribution in [0.2, 0.25) is 0 Å². The zero-order chi connectivity index (χ0) is 27.1. The van der Waals surface area contributed by atoms with Crippen molar-refractivity contribution in [2.45, 2.75) is 58.4 Å². The molecule has 0 aromatic carbocycles. The van der Waals surface area contributed by atoms with Crippen LogP contribution >= 0.6 is 11.3 Å². The van der Waals surface area contributed by atoms with Crippen LogP contribution in [0.5, 0.6) is 0 Å². The zero-order valence-corrected chi connectivity index (χ0v) is 23.7. The van der Waals surface area contributed by atoms with Gasteiger partial charge in [0.05, 0.1) is 10.4 Å². The molecule has 2 fully saturated rings. The monoisotopic (exact) mass is 547 g/mol. The Kier molecular flexibility index (Phi) is 7.05. The molecule has 2 saturated heterocycles. The Hall–Kier alpha value is -3.04. The summed E-state index contributed by atoms with van der Waals surface area (Å²) in [7, 11) is 0. The molecular formula is C30H37N5O3S. The number of allylic oxidation sites excluding steroid dienone is 3. The summed E-state index contributed by atoms with van der Waals surface area (Å²) in [6, 6.07) is -0.559. The van der Waals surface area contributed by atoms with Crippen molar-refractivity contribution < 1.29 is 14.4 Å². The highest BCUT2D eigenvalue weighted by atomic mass is 32.1. The number of hydrogen-bond donors (Lipinski definition) is 1. The van der Waals surface area contributed by atoms with Crippen molar-refractivity contribution in [3.8, 4) is 0 Å². The summed E-state index contributed by atoms with van der Waals surface area (Å²) >= 11 is 1.76. The van der Waals surface area contributed by atoms with E-state index in [4.69, 9.17) is 0 Å². The van der Waals surface area contributed by atoms with E-state index in [9.17, 15) is 14.4 Å². The van der Waals surface area contributed by atoms with Gasteiger partial charge in [0.2, 0.25) is 11.8 Å². The van der Waals surface area contributed by atoms with E-state index in [1.165, 1.54) is 28.9 Å². The molecule has 1 aromatic heterocycles. The lowest BCUT2D eigenvalue weighted by Gasteiger charge is -2.38. The van der Waals surface area contributed by atoms with E-state index >= 15 is 0 Å². The number of rotatable bonds is 5. The van der Waals surface area contributed by atoms with Gasteiger partial charge in [-0.25, -0.2) is 0 Å². The Morgan fingerprint density at radius 2 is 1.95 bits per heavy atom. The van der Waals surface area contributed by atoms with Gasteiger partial charge >= 0.3 is 0 Å². The second-order valence-electron chi connectivity index (χ2n) is 12.2. The molecule has 2 aliphatic carbocycles. The van der Waals surface area contributed by atoms with Crippen molar-refractivity contribution in [2.24, 2.45) is 5.41 Å². The fourth-order valence-corrected chi connectivity index (χ4v) is 7.23. The molecule has 0 radical (unpaired) electrons. The topological polar surface area (TPSA) is 85.9 Å². The maximum atomic E-state index is 13.0. The van der Waals surface area contributed by atoms with Crippen LogP contribution in [0.3, 0.4) is 0 Å². The number of carbonyl (C=O) groups excluding carboxylic acids is 3. The Morgan fingerprint density at radius 3 is 2.69 bits per heavy atom. The third kappa shape index (κ3) is 5.52. The van der Waals surface area contributed by atoms with E-state index < -0.39 is 6.04 Å². The second kappa shape index (κ2) is 10.5. The van der Waals surface area contributed by atoms with Crippen molar-refractivity contribution in [3.05, 3.63) is 57.2 Å². The molecular weight excluding hydrogens is 510 g/mol. The Labute approximate surface area is 234 Å². The molecule has 0 spiro atoms. The van der Waals surface area contributed by atoms with Gasteiger partial charge in [0.1, 0.15) is 6.04 Å². The van der Waals surface area contributed by atoms with Gasteiger partial charge < -0.3 is 9.80 Å². The Bertz CT molecular complexity index is 1300. The fourth-order valence-electron chi connectivity index (χ4n) is 6.51. The average molecular weight is 548 g/mol. The summed E-state index contributed by atoms with van der Waals surface area (Å²) in [5, 5.41) is 2.38. The van der Waals surface area contributed by atoms with Crippen LogP contribution in [0.4, 0.5) is 0 Å². The fraction of sp³-hybridized carbons (Fsp3) is 0.533. The highest BCUT2D eigenvalue weighted by Gasteiger charge is 2.40. The molecule has 1 atom stereocenters. The molecule has 0 bridgehead atoms. The molecule has 6 rings (SSSR count). The largest absolute Gasteiger partial charge is 0.375 e. The number of nitrogens with zero attached hydrogens (tertiary/aromatic N) is 4. The minimum Gasteiger partial charge on any atom is -0.375 e. The van der Waals surface area contributed by atoms with Crippen molar-refractivity contribution in [2.75, 3.05) is 39.3 Å². The first kappa shape index (κ1) is 26.2. The minimum absolute atomic E-state index is 0.0958. The zero-order valence-electron chi connectivity index (χ0n) is 22.9.